The van der Waals surface area contributed by atoms with E-state index in [-0.39, 0.29) is 5.69 Å². The maximum absolute atomic E-state index is 13.7. The number of benzene rings is 2. The van der Waals surface area contributed by atoms with Crippen LogP contribution in [0.4, 0.5) is 20.2 Å². The second-order valence-electron chi connectivity index (χ2n) is 4.49. The van der Waals surface area contributed by atoms with E-state index in [0.717, 1.165) is 23.6 Å². The number of hydrogen-bond acceptors (Lipinski definition) is 3. The van der Waals surface area contributed by atoms with Crippen LogP contribution in [-0.2, 0) is 0 Å². The van der Waals surface area contributed by atoms with Gasteiger partial charge in [-0.3, -0.25) is 4.98 Å². The molecule has 1 N–H and O–H groups in total. The molecule has 0 bridgehead atoms. The lowest BCUT2D eigenvalue weighted by molar-refractivity contribution is 0.415. The van der Waals surface area contributed by atoms with E-state index in [1.807, 2.05) is 6.07 Å². The van der Waals surface area contributed by atoms with Gasteiger partial charge in [0, 0.05) is 29.4 Å². The number of ether oxygens (including phenoxy) is 1. The van der Waals surface area contributed by atoms with Crippen LogP contribution in [0, 0.1) is 11.6 Å². The zero-order chi connectivity index (χ0) is 14.8. The van der Waals surface area contributed by atoms with E-state index in [1.54, 1.807) is 31.5 Å². The minimum absolute atomic E-state index is 0.0818. The summed E-state index contributed by atoms with van der Waals surface area (Å²) in [5.41, 5.74) is 1.43. The quantitative estimate of drug-likeness (QED) is 0.781. The van der Waals surface area contributed by atoms with Crippen LogP contribution in [0.25, 0.3) is 10.9 Å². The first-order chi connectivity index (χ1) is 10.2. The van der Waals surface area contributed by atoms with Gasteiger partial charge in [-0.05, 0) is 30.3 Å². The van der Waals surface area contributed by atoms with Crippen molar-refractivity contribution in [3.05, 3.63) is 60.3 Å². The molecule has 0 radical (unpaired) electrons. The van der Waals surface area contributed by atoms with E-state index >= 15 is 0 Å². The lowest BCUT2D eigenvalue weighted by Crippen LogP contribution is -1.96. The van der Waals surface area contributed by atoms with Crippen molar-refractivity contribution in [2.45, 2.75) is 0 Å². The summed E-state index contributed by atoms with van der Waals surface area (Å²) in [5.74, 6) is -0.335. The van der Waals surface area contributed by atoms with Crippen molar-refractivity contribution in [3.63, 3.8) is 0 Å². The molecule has 0 unspecified atom stereocenters. The SMILES string of the molecule is COc1ccc2c(Nc3cc(F)ccc3F)ccnc2c1. The fraction of sp³-hybridized carbons (Fsp3) is 0.0625. The average Bonchev–Trinajstić information content (AvgIpc) is 2.50. The number of methoxy groups -OCH3 is 1. The second kappa shape index (κ2) is 5.36. The van der Waals surface area contributed by atoms with Gasteiger partial charge in [0.15, 0.2) is 0 Å². The van der Waals surface area contributed by atoms with Crippen molar-refractivity contribution in [1.82, 2.24) is 4.98 Å². The van der Waals surface area contributed by atoms with E-state index in [1.165, 1.54) is 0 Å². The summed E-state index contributed by atoms with van der Waals surface area (Å²) >= 11 is 0. The van der Waals surface area contributed by atoms with Crippen LogP contribution in [-0.4, -0.2) is 12.1 Å². The van der Waals surface area contributed by atoms with Crippen LogP contribution in [0.5, 0.6) is 5.75 Å². The van der Waals surface area contributed by atoms with Gasteiger partial charge in [0.2, 0.25) is 0 Å². The molecule has 21 heavy (non-hydrogen) atoms. The molecule has 3 nitrogen and oxygen atoms in total. The Kier molecular flexibility index (Phi) is 3.39. The van der Waals surface area contributed by atoms with E-state index in [4.69, 9.17) is 4.74 Å². The van der Waals surface area contributed by atoms with Gasteiger partial charge < -0.3 is 10.1 Å². The molecule has 0 aliphatic carbocycles. The summed E-state index contributed by atoms with van der Waals surface area (Å²) in [4.78, 5) is 4.24. The predicted molar refractivity (Wildman–Crippen MR) is 77.9 cm³/mol. The number of anilines is 2. The number of rotatable bonds is 3. The van der Waals surface area contributed by atoms with Crippen LogP contribution < -0.4 is 10.1 Å². The Hall–Kier alpha value is -2.69. The molecule has 3 rings (SSSR count). The summed E-state index contributed by atoms with van der Waals surface area (Å²) in [6, 6.07) is 10.4. The predicted octanol–water partition coefficient (Wildman–Crippen LogP) is 4.27. The largest absolute Gasteiger partial charge is 0.497 e. The Bertz CT molecular complexity index is 805. The molecule has 0 atom stereocenters. The lowest BCUT2D eigenvalue weighted by atomic mass is 10.1. The number of nitrogens with one attached hydrogen (secondary N) is 1. The van der Waals surface area contributed by atoms with E-state index < -0.39 is 11.6 Å². The molecule has 0 aliphatic rings. The zero-order valence-corrected chi connectivity index (χ0v) is 11.2. The van der Waals surface area contributed by atoms with E-state index in [9.17, 15) is 8.78 Å². The van der Waals surface area contributed by atoms with Crippen LogP contribution in [0.2, 0.25) is 0 Å². The molecule has 0 fully saturated rings. The average molecular weight is 286 g/mol. The third-order valence-corrected chi connectivity index (χ3v) is 3.15. The van der Waals surface area contributed by atoms with Gasteiger partial charge in [0.1, 0.15) is 17.4 Å². The maximum atomic E-state index is 13.7. The monoisotopic (exact) mass is 286 g/mol. The standard InChI is InChI=1S/C16H12F2N2O/c1-21-11-3-4-12-14(6-7-19-15(12)9-11)20-16-8-10(17)2-5-13(16)18/h2-9H,1H3,(H,19,20). The molecular weight excluding hydrogens is 274 g/mol. The molecule has 2 aromatic carbocycles. The molecule has 5 heteroatoms. The summed E-state index contributed by atoms with van der Waals surface area (Å²) in [6.45, 7) is 0. The highest BCUT2D eigenvalue weighted by molar-refractivity contribution is 5.93. The Morgan fingerprint density at radius 2 is 1.86 bits per heavy atom. The Morgan fingerprint density at radius 3 is 2.67 bits per heavy atom. The fourth-order valence-electron chi connectivity index (χ4n) is 2.10. The van der Waals surface area contributed by atoms with Gasteiger partial charge in [0.05, 0.1) is 18.3 Å². The van der Waals surface area contributed by atoms with Gasteiger partial charge in [0.25, 0.3) is 0 Å². The molecule has 0 aliphatic heterocycles. The summed E-state index contributed by atoms with van der Waals surface area (Å²) < 4.78 is 32.1. The first kappa shape index (κ1) is 13.3. The fourth-order valence-corrected chi connectivity index (χ4v) is 2.10. The zero-order valence-electron chi connectivity index (χ0n) is 11.2. The van der Waals surface area contributed by atoms with Crippen molar-refractivity contribution < 1.29 is 13.5 Å². The molecule has 3 aromatic rings. The van der Waals surface area contributed by atoms with Crippen LogP contribution >= 0.6 is 0 Å². The summed E-state index contributed by atoms with van der Waals surface area (Å²) in [7, 11) is 1.57. The van der Waals surface area contributed by atoms with Crippen LogP contribution in [0.15, 0.2) is 48.7 Å². The Labute approximate surface area is 120 Å². The van der Waals surface area contributed by atoms with Crippen LogP contribution in [0.1, 0.15) is 0 Å². The van der Waals surface area contributed by atoms with Crippen molar-refractivity contribution in [2.24, 2.45) is 0 Å². The minimum atomic E-state index is -0.519. The number of pyridine rings is 1. The molecule has 1 aromatic heterocycles. The first-order valence-electron chi connectivity index (χ1n) is 6.32. The number of nitrogens with zero attached hydrogens (tertiary/aromatic N) is 1. The van der Waals surface area contributed by atoms with Crippen molar-refractivity contribution in [1.29, 1.82) is 0 Å². The van der Waals surface area contributed by atoms with Crippen molar-refractivity contribution >= 4 is 22.3 Å². The molecule has 0 saturated carbocycles. The minimum Gasteiger partial charge on any atom is -0.497 e. The molecule has 0 saturated heterocycles. The normalized spacial score (nSPS) is 10.6. The van der Waals surface area contributed by atoms with Gasteiger partial charge in [-0.1, -0.05) is 0 Å². The highest BCUT2D eigenvalue weighted by Gasteiger charge is 2.08. The topological polar surface area (TPSA) is 34.1 Å². The number of hydrogen-bond donors (Lipinski definition) is 1. The second-order valence-corrected chi connectivity index (χ2v) is 4.49. The summed E-state index contributed by atoms with van der Waals surface area (Å²) in [6.07, 6.45) is 1.60. The highest BCUT2D eigenvalue weighted by atomic mass is 19.1. The molecule has 106 valence electrons. The lowest BCUT2D eigenvalue weighted by Gasteiger charge is -2.11. The molecular formula is C16H12F2N2O. The Morgan fingerprint density at radius 1 is 1.00 bits per heavy atom. The van der Waals surface area contributed by atoms with Gasteiger partial charge in [-0.25, -0.2) is 8.78 Å². The molecule has 1 heterocycles. The van der Waals surface area contributed by atoms with Crippen LogP contribution in [0.3, 0.4) is 0 Å². The third-order valence-electron chi connectivity index (χ3n) is 3.15. The highest BCUT2D eigenvalue weighted by Crippen LogP contribution is 2.28. The Balaban J connectivity index is 2.06. The maximum Gasteiger partial charge on any atom is 0.146 e. The number of aromatic nitrogens is 1. The van der Waals surface area contributed by atoms with Gasteiger partial charge in [-0.15, -0.1) is 0 Å². The third kappa shape index (κ3) is 2.63. The van der Waals surface area contributed by atoms with E-state index in [0.29, 0.717) is 17.0 Å². The first-order valence-corrected chi connectivity index (χ1v) is 6.32. The van der Waals surface area contributed by atoms with Crippen molar-refractivity contribution in [3.8, 4) is 5.75 Å². The smallest absolute Gasteiger partial charge is 0.146 e. The number of fused-ring (bicyclic) bond motifs is 1. The molecule has 0 amide bonds. The van der Waals surface area contributed by atoms with E-state index in [2.05, 4.69) is 10.3 Å². The molecule has 0 spiro atoms. The number of halogens is 2. The van der Waals surface area contributed by atoms with Gasteiger partial charge in [-0.2, -0.15) is 0 Å². The van der Waals surface area contributed by atoms with Gasteiger partial charge >= 0.3 is 0 Å². The van der Waals surface area contributed by atoms with Crippen molar-refractivity contribution in [2.75, 3.05) is 12.4 Å². The summed E-state index contributed by atoms with van der Waals surface area (Å²) in [5, 5.41) is 3.69.